The van der Waals surface area contributed by atoms with Gasteiger partial charge in [0.1, 0.15) is 11.5 Å². The van der Waals surface area contributed by atoms with Crippen molar-refractivity contribution in [1.82, 2.24) is 4.98 Å². The fourth-order valence-corrected chi connectivity index (χ4v) is 2.36. The number of nitrogens with zero attached hydrogens (tertiary/aromatic N) is 1. The molecule has 0 unspecified atom stereocenters. The summed E-state index contributed by atoms with van der Waals surface area (Å²) in [4.78, 5) is 15.3. The molecular weight excluding hydrogens is 283 g/mol. The number of halogens is 3. The van der Waals surface area contributed by atoms with Crippen molar-refractivity contribution in [2.24, 2.45) is 0 Å². The summed E-state index contributed by atoms with van der Waals surface area (Å²) in [6.45, 7) is 0.473. The molecule has 8 heteroatoms. The number of carbonyl (C=O) groups is 1. The van der Waals surface area contributed by atoms with E-state index in [2.05, 4.69) is 9.72 Å². The molecule has 0 fully saturated rings. The summed E-state index contributed by atoms with van der Waals surface area (Å²) in [6.07, 6.45) is -2.86. The smallest absolute Gasteiger partial charge is 0.411 e. The molecule has 1 aromatic rings. The number of alkyl halides is 3. The number of aromatic nitrogens is 1. The molecule has 0 spiro atoms. The van der Waals surface area contributed by atoms with Gasteiger partial charge >= 0.3 is 12.1 Å². The Morgan fingerprint density at radius 1 is 1.42 bits per heavy atom. The summed E-state index contributed by atoms with van der Waals surface area (Å²) in [7, 11) is 0. The van der Waals surface area contributed by atoms with Crippen molar-refractivity contribution in [3.8, 4) is 0 Å². The van der Waals surface area contributed by atoms with Crippen LogP contribution in [-0.2, 0) is 17.6 Å². The van der Waals surface area contributed by atoms with E-state index in [0.29, 0.717) is 17.1 Å². The number of rotatable bonds is 7. The molecule has 0 aliphatic rings. The molecule has 0 saturated carbocycles. The topological polar surface area (TPSA) is 59.4 Å². The molecule has 0 aliphatic carbocycles. The fourth-order valence-electron chi connectivity index (χ4n) is 1.43. The maximum atomic E-state index is 11.8. The van der Waals surface area contributed by atoms with Crippen LogP contribution in [0.2, 0.25) is 0 Å². The molecule has 1 heterocycles. The molecule has 1 aromatic heterocycles. The van der Waals surface area contributed by atoms with E-state index in [9.17, 15) is 18.0 Å². The number of hydrogen-bond acceptors (Lipinski definition) is 4. The van der Waals surface area contributed by atoms with Crippen LogP contribution < -0.4 is 0 Å². The molecule has 19 heavy (non-hydrogen) atoms. The monoisotopic (exact) mass is 297 g/mol. The first kappa shape index (κ1) is 15.9. The van der Waals surface area contributed by atoms with Crippen molar-refractivity contribution in [3.63, 3.8) is 0 Å². The second-order valence-electron chi connectivity index (χ2n) is 3.86. The van der Waals surface area contributed by atoms with E-state index < -0.39 is 18.8 Å². The van der Waals surface area contributed by atoms with Crippen molar-refractivity contribution >= 4 is 17.3 Å². The van der Waals surface area contributed by atoms with Crippen molar-refractivity contribution in [2.45, 2.75) is 32.4 Å². The number of thiazole rings is 1. The molecule has 0 saturated heterocycles. The van der Waals surface area contributed by atoms with Crippen LogP contribution in [0.5, 0.6) is 0 Å². The van der Waals surface area contributed by atoms with Gasteiger partial charge in [-0.1, -0.05) is 13.3 Å². The molecule has 4 nitrogen and oxygen atoms in total. The Hall–Kier alpha value is -1.15. The molecule has 0 amide bonds. The third kappa shape index (κ3) is 5.56. The van der Waals surface area contributed by atoms with Crippen LogP contribution in [0.25, 0.3) is 0 Å². The molecule has 108 valence electrons. The average Bonchev–Trinajstić information content (AvgIpc) is 2.67. The highest BCUT2D eigenvalue weighted by atomic mass is 32.1. The van der Waals surface area contributed by atoms with Gasteiger partial charge < -0.3 is 9.84 Å². The molecule has 0 atom stereocenters. The summed E-state index contributed by atoms with van der Waals surface area (Å²) in [5.74, 6) is -1.05. The van der Waals surface area contributed by atoms with E-state index in [1.165, 1.54) is 0 Å². The Balaban J connectivity index is 2.55. The van der Waals surface area contributed by atoms with Gasteiger partial charge in [0.2, 0.25) is 0 Å². The van der Waals surface area contributed by atoms with Crippen molar-refractivity contribution in [2.75, 3.05) is 13.2 Å². The molecule has 0 radical (unpaired) electrons. The molecule has 1 rings (SSSR count). The summed E-state index contributed by atoms with van der Waals surface area (Å²) < 4.78 is 40.0. The minimum absolute atomic E-state index is 0.127. The normalized spacial score (nSPS) is 11.8. The highest BCUT2D eigenvalue weighted by Crippen LogP contribution is 2.21. The summed E-state index contributed by atoms with van der Waals surface area (Å²) in [5.41, 5.74) is 0.492. The van der Waals surface area contributed by atoms with Gasteiger partial charge in [0, 0.05) is 6.42 Å². The summed E-state index contributed by atoms with van der Waals surface area (Å²) in [5, 5.41) is 9.46. The van der Waals surface area contributed by atoms with E-state index in [1.54, 1.807) is 0 Å². The lowest BCUT2D eigenvalue weighted by molar-refractivity contribution is -0.173. The zero-order valence-corrected chi connectivity index (χ0v) is 11.1. The Morgan fingerprint density at radius 2 is 2.11 bits per heavy atom. The molecular formula is C11H14F3NO3S. The Bertz CT molecular complexity index is 431. The minimum Gasteiger partial charge on any atom is -0.477 e. The first-order valence-electron chi connectivity index (χ1n) is 5.70. The average molecular weight is 297 g/mol. The van der Waals surface area contributed by atoms with Gasteiger partial charge in [0.15, 0.2) is 0 Å². The van der Waals surface area contributed by atoms with Crippen LogP contribution in [0.4, 0.5) is 13.2 Å². The van der Waals surface area contributed by atoms with Gasteiger partial charge in [-0.2, -0.15) is 13.2 Å². The van der Waals surface area contributed by atoms with E-state index >= 15 is 0 Å². The van der Waals surface area contributed by atoms with Crippen LogP contribution in [0.15, 0.2) is 0 Å². The standard InChI is InChI=1S/C11H14F3NO3S/c1-2-3-7-9(10(16)17)19-8(15-7)4-5-18-6-11(12,13)14/h2-6H2,1H3,(H,16,17). The molecule has 1 N–H and O–H groups in total. The lowest BCUT2D eigenvalue weighted by atomic mass is 10.2. The number of aryl methyl sites for hydroxylation is 1. The van der Waals surface area contributed by atoms with Gasteiger partial charge in [0.25, 0.3) is 0 Å². The number of ether oxygens (including phenoxy) is 1. The highest BCUT2D eigenvalue weighted by molar-refractivity contribution is 7.13. The van der Waals surface area contributed by atoms with Gasteiger partial charge in [-0.3, -0.25) is 0 Å². The van der Waals surface area contributed by atoms with Crippen molar-refractivity contribution in [3.05, 3.63) is 15.6 Å². The first-order chi connectivity index (χ1) is 8.83. The number of carboxylic acids is 1. The zero-order valence-electron chi connectivity index (χ0n) is 10.3. The zero-order chi connectivity index (χ0) is 14.5. The van der Waals surface area contributed by atoms with Crippen LogP contribution >= 0.6 is 11.3 Å². The van der Waals surface area contributed by atoms with Crippen LogP contribution in [-0.4, -0.2) is 35.4 Å². The maximum absolute atomic E-state index is 11.8. The fraction of sp³-hybridized carbons (Fsp3) is 0.636. The minimum atomic E-state index is -4.34. The molecule has 0 aliphatic heterocycles. The van der Waals surface area contributed by atoms with Gasteiger partial charge in [-0.05, 0) is 6.42 Å². The quantitative estimate of drug-likeness (QED) is 0.786. The SMILES string of the molecule is CCCc1nc(CCOCC(F)(F)F)sc1C(=O)O. The van der Waals surface area contributed by atoms with Crippen LogP contribution in [0, 0.1) is 0 Å². The molecule has 0 bridgehead atoms. The Kier molecular flexibility index (Phi) is 5.74. The molecule has 0 aromatic carbocycles. The second-order valence-corrected chi connectivity index (χ2v) is 4.94. The Labute approximate surface area is 112 Å². The van der Waals surface area contributed by atoms with Gasteiger partial charge in [0.05, 0.1) is 17.3 Å². The maximum Gasteiger partial charge on any atom is 0.411 e. The summed E-state index contributed by atoms with van der Waals surface area (Å²) >= 11 is 0.994. The number of carboxylic acid groups (broad SMARTS) is 1. The second kappa shape index (κ2) is 6.85. The summed E-state index contributed by atoms with van der Waals surface area (Å²) in [6, 6.07) is 0. The number of aromatic carboxylic acids is 1. The van der Waals surface area contributed by atoms with Gasteiger partial charge in [-0.15, -0.1) is 11.3 Å². The first-order valence-corrected chi connectivity index (χ1v) is 6.51. The van der Waals surface area contributed by atoms with E-state index in [-0.39, 0.29) is 17.9 Å². The van der Waals surface area contributed by atoms with Crippen molar-refractivity contribution in [1.29, 1.82) is 0 Å². The number of hydrogen-bond donors (Lipinski definition) is 1. The predicted octanol–water partition coefficient (Wildman–Crippen LogP) is 2.92. The van der Waals surface area contributed by atoms with Crippen LogP contribution in [0.1, 0.15) is 33.7 Å². The third-order valence-corrected chi connectivity index (χ3v) is 3.29. The predicted molar refractivity (Wildman–Crippen MR) is 63.6 cm³/mol. The van der Waals surface area contributed by atoms with E-state index in [1.807, 2.05) is 6.92 Å². The lowest BCUT2D eigenvalue weighted by Gasteiger charge is -2.06. The third-order valence-electron chi connectivity index (χ3n) is 2.15. The van der Waals surface area contributed by atoms with Crippen molar-refractivity contribution < 1.29 is 27.8 Å². The largest absolute Gasteiger partial charge is 0.477 e. The van der Waals surface area contributed by atoms with E-state index in [4.69, 9.17) is 5.11 Å². The Morgan fingerprint density at radius 3 is 2.63 bits per heavy atom. The highest BCUT2D eigenvalue weighted by Gasteiger charge is 2.27. The lowest BCUT2D eigenvalue weighted by Crippen LogP contribution is -2.17. The van der Waals surface area contributed by atoms with Gasteiger partial charge in [-0.25, -0.2) is 9.78 Å². The van der Waals surface area contributed by atoms with Crippen LogP contribution in [0.3, 0.4) is 0 Å². The van der Waals surface area contributed by atoms with E-state index in [0.717, 1.165) is 17.8 Å².